The van der Waals surface area contributed by atoms with Crippen LogP contribution < -0.4 is 10.5 Å². The topological polar surface area (TPSA) is 101 Å². The van der Waals surface area contributed by atoms with Gasteiger partial charge < -0.3 is 10.7 Å². The standard InChI is InChI=1S/C11H14N4O2S/c12-5-9-1-3-10(4-2-9)6-15-18(16,17)11-7-13-8-14-11/h1-4,7-8,15H,5-6,12H2,(H,13,14). The van der Waals surface area contributed by atoms with Crippen LogP contribution in [0.4, 0.5) is 0 Å². The molecule has 96 valence electrons. The molecule has 0 aliphatic rings. The molecule has 6 nitrogen and oxygen atoms in total. The number of rotatable bonds is 5. The van der Waals surface area contributed by atoms with E-state index < -0.39 is 10.0 Å². The van der Waals surface area contributed by atoms with Gasteiger partial charge in [0.25, 0.3) is 10.0 Å². The first-order chi connectivity index (χ1) is 8.62. The molecule has 0 saturated heterocycles. The first-order valence-electron chi connectivity index (χ1n) is 5.38. The van der Waals surface area contributed by atoms with Crippen molar-refractivity contribution in [3.05, 3.63) is 47.9 Å². The van der Waals surface area contributed by atoms with Crippen molar-refractivity contribution in [2.75, 3.05) is 0 Å². The van der Waals surface area contributed by atoms with Crippen molar-refractivity contribution in [3.63, 3.8) is 0 Å². The molecule has 18 heavy (non-hydrogen) atoms. The highest BCUT2D eigenvalue weighted by molar-refractivity contribution is 7.89. The van der Waals surface area contributed by atoms with E-state index in [1.165, 1.54) is 12.5 Å². The number of nitrogens with zero attached hydrogens (tertiary/aromatic N) is 1. The van der Waals surface area contributed by atoms with Gasteiger partial charge in [-0.25, -0.2) is 18.1 Å². The monoisotopic (exact) mass is 266 g/mol. The molecule has 1 heterocycles. The molecule has 4 N–H and O–H groups in total. The molecule has 1 aromatic heterocycles. The molecule has 0 radical (unpaired) electrons. The van der Waals surface area contributed by atoms with E-state index in [1.54, 1.807) is 0 Å². The molecule has 0 bridgehead atoms. The van der Waals surface area contributed by atoms with Gasteiger partial charge in [-0.3, -0.25) is 0 Å². The summed E-state index contributed by atoms with van der Waals surface area (Å²) in [7, 11) is -3.52. The van der Waals surface area contributed by atoms with Crippen LogP contribution in [0.5, 0.6) is 0 Å². The molecule has 0 saturated carbocycles. The second-order valence-corrected chi connectivity index (χ2v) is 5.50. The summed E-state index contributed by atoms with van der Waals surface area (Å²) in [5, 5.41) is 0.0566. The van der Waals surface area contributed by atoms with Crippen LogP contribution >= 0.6 is 0 Å². The lowest BCUT2D eigenvalue weighted by Gasteiger charge is -2.05. The molecule has 0 unspecified atom stereocenters. The quantitative estimate of drug-likeness (QED) is 0.726. The Hall–Kier alpha value is -1.70. The van der Waals surface area contributed by atoms with Crippen LogP contribution in [-0.4, -0.2) is 18.4 Å². The number of H-pyrrole nitrogens is 1. The maximum Gasteiger partial charge on any atom is 0.257 e. The lowest BCUT2D eigenvalue weighted by Crippen LogP contribution is -2.23. The average Bonchev–Trinajstić information content (AvgIpc) is 2.92. The summed E-state index contributed by atoms with van der Waals surface area (Å²) in [5.41, 5.74) is 7.36. The van der Waals surface area contributed by atoms with E-state index in [2.05, 4.69) is 14.7 Å². The molecule has 0 aliphatic heterocycles. The number of nitrogens with two attached hydrogens (primary N) is 1. The summed E-state index contributed by atoms with van der Waals surface area (Å²) in [6.07, 6.45) is 2.59. The third-order valence-electron chi connectivity index (χ3n) is 2.49. The van der Waals surface area contributed by atoms with Gasteiger partial charge in [0.1, 0.15) is 0 Å². The number of nitrogens with one attached hydrogen (secondary N) is 2. The minimum absolute atomic E-state index is 0.0566. The van der Waals surface area contributed by atoms with Crippen molar-refractivity contribution in [3.8, 4) is 0 Å². The zero-order chi connectivity index (χ0) is 13.0. The fourth-order valence-electron chi connectivity index (χ4n) is 1.44. The Morgan fingerprint density at radius 2 is 1.89 bits per heavy atom. The van der Waals surface area contributed by atoms with Gasteiger partial charge in [0.2, 0.25) is 0 Å². The second kappa shape index (κ2) is 5.30. The first-order valence-corrected chi connectivity index (χ1v) is 6.86. The zero-order valence-corrected chi connectivity index (χ0v) is 10.4. The van der Waals surface area contributed by atoms with Crippen LogP contribution in [0, 0.1) is 0 Å². The third-order valence-corrected chi connectivity index (χ3v) is 3.81. The van der Waals surface area contributed by atoms with Crippen LogP contribution in [0.2, 0.25) is 0 Å². The van der Waals surface area contributed by atoms with Crippen molar-refractivity contribution < 1.29 is 8.42 Å². The van der Waals surface area contributed by atoms with Crippen molar-refractivity contribution in [1.29, 1.82) is 0 Å². The first kappa shape index (κ1) is 12.7. The Morgan fingerprint density at radius 3 is 2.44 bits per heavy atom. The normalized spacial score (nSPS) is 11.6. The number of hydrogen-bond acceptors (Lipinski definition) is 4. The minimum atomic E-state index is -3.52. The molecular weight excluding hydrogens is 252 g/mol. The molecule has 2 aromatic rings. The second-order valence-electron chi connectivity index (χ2n) is 3.76. The number of hydrogen-bond donors (Lipinski definition) is 3. The lowest BCUT2D eigenvalue weighted by molar-refractivity contribution is 0.578. The number of aromatic nitrogens is 2. The Labute approximate surface area is 105 Å². The highest BCUT2D eigenvalue weighted by Gasteiger charge is 2.14. The van der Waals surface area contributed by atoms with Gasteiger partial charge in [-0.2, -0.15) is 0 Å². The fraction of sp³-hybridized carbons (Fsp3) is 0.182. The summed E-state index contributed by atoms with van der Waals surface area (Å²) in [4.78, 5) is 6.23. The number of imidazole rings is 1. The summed E-state index contributed by atoms with van der Waals surface area (Å²) in [6, 6.07) is 7.44. The molecule has 0 fully saturated rings. The van der Waals surface area contributed by atoms with Crippen molar-refractivity contribution in [2.24, 2.45) is 5.73 Å². The van der Waals surface area contributed by atoms with E-state index in [4.69, 9.17) is 5.73 Å². The molecule has 0 spiro atoms. The maximum atomic E-state index is 11.8. The van der Waals surface area contributed by atoms with E-state index >= 15 is 0 Å². The Kier molecular flexibility index (Phi) is 3.75. The maximum absolute atomic E-state index is 11.8. The summed E-state index contributed by atoms with van der Waals surface area (Å²) < 4.78 is 26.1. The minimum Gasteiger partial charge on any atom is -0.335 e. The van der Waals surface area contributed by atoms with Crippen LogP contribution in [0.15, 0.2) is 41.8 Å². The van der Waals surface area contributed by atoms with Gasteiger partial charge in [-0.05, 0) is 11.1 Å². The predicted molar refractivity (Wildman–Crippen MR) is 66.9 cm³/mol. The van der Waals surface area contributed by atoms with E-state index in [-0.39, 0.29) is 11.6 Å². The number of aromatic amines is 1. The third kappa shape index (κ3) is 2.95. The van der Waals surface area contributed by atoms with E-state index in [1.807, 2.05) is 24.3 Å². The van der Waals surface area contributed by atoms with Gasteiger partial charge in [-0.15, -0.1) is 0 Å². The van der Waals surface area contributed by atoms with Crippen molar-refractivity contribution in [1.82, 2.24) is 14.7 Å². The highest BCUT2D eigenvalue weighted by Crippen LogP contribution is 2.06. The van der Waals surface area contributed by atoms with Gasteiger partial charge >= 0.3 is 0 Å². The largest absolute Gasteiger partial charge is 0.335 e. The van der Waals surface area contributed by atoms with E-state index in [9.17, 15) is 8.42 Å². The summed E-state index contributed by atoms with van der Waals surface area (Å²) >= 11 is 0. The van der Waals surface area contributed by atoms with Gasteiger partial charge in [0, 0.05) is 13.1 Å². The SMILES string of the molecule is NCc1ccc(CNS(=O)(=O)c2cnc[nH]2)cc1. The number of benzene rings is 1. The molecule has 0 aliphatic carbocycles. The Balaban J connectivity index is 2.03. The summed E-state index contributed by atoms with van der Waals surface area (Å²) in [6.45, 7) is 0.701. The van der Waals surface area contributed by atoms with Crippen LogP contribution in [-0.2, 0) is 23.1 Å². The van der Waals surface area contributed by atoms with Crippen molar-refractivity contribution >= 4 is 10.0 Å². The highest BCUT2D eigenvalue weighted by atomic mass is 32.2. The lowest BCUT2D eigenvalue weighted by atomic mass is 10.1. The molecular formula is C11H14N4O2S. The summed E-state index contributed by atoms with van der Waals surface area (Å²) in [5.74, 6) is 0. The van der Waals surface area contributed by atoms with E-state index in [0.29, 0.717) is 6.54 Å². The van der Waals surface area contributed by atoms with Crippen LogP contribution in [0.3, 0.4) is 0 Å². The molecule has 0 amide bonds. The van der Waals surface area contributed by atoms with Crippen LogP contribution in [0.25, 0.3) is 0 Å². The van der Waals surface area contributed by atoms with Crippen LogP contribution in [0.1, 0.15) is 11.1 Å². The van der Waals surface area contributed by atoms with Crippen molar-refractivity contribution in [2.45, 2.75) is 18.1 Å². The Bertz CT molecular complexity index is 590. The molecule has 0 atom stereocenters. The van der Waals surface area contributed by atoms with Gasteiger partial charge in [-0.1, -0.05) is 24.3 Å². The molecule has 1 aromatic carbocycles. The molecule has 2 rings (SSSR count). The predicted octanol–water partition coefficient (Wildman–Crippen LogP) is 0.347. The average molecular weight is 266 g/mol. The number of sulfonamides is 1. The fourth-order valence-corrected chi connectivity index (χ4v) is 2.36. The molecule has 7 heteroatoms. The van der Waals surface area contributed by atoms with Gasteiger partial charge in [0.15, 0.2) is 5.03 Å². The Morgan fingerprint density at radius 1 is 1.22 bits per heavy atom. The zero-order valence-electron chi connectivity index (χ0n) is 9.63. The smallest absolute Gasteiger partial charge is 0.257 e. The van der Waals surface area contributed by atoms with Gasteiger partial charge in [0.05, 0.1) is 12.5 Å². The van der Waals surface area contributed by atoms with E-state index in [0.717, 1.165) is 11.1 Å².